The van der Waals surface area contributed by atoms with Crippen molar-refractivity contribution in [1.82, 2.24) is 4.98 Å². The Morgan fingerprint density at radius 1 is 1.27 bits per heavy atom. The Hall–Kier alpha value is -0.450. The number of nitrogens with two attached hydrogens (primary N) is 1. The van der Waals surface area contributed by atoms with Crippen LogP contribution in [0.2, 0.25) is 10.3 Å². The fraction of sp³-hybridized carbons (Fsp3) is 0.444. The number of alkyl halides is 2. The summed E-state index contributed by atoms with van der Waals surface area (Å²) in [6.45, 7) is 0. The first-order chi connectivity index (χ1) is 6.82. The van der Waals surface area contributed by atoms with Gasteiger partial charge in [-0.1, -0.05) is 29.3 Å². The van der Waals surface area contributed by atoms with Gasteiger partial charge in [-0.2, -0.15) is 0 Å². The molecule has 82 valence electrons. The fourth-order valence-electron chi connectivity index (χ4n) is 1.85. The van der Waals surface area contributed by atoms with Crippen LogP contribution in [0.5, 0.6) is 0 Å². The molecule has 0 atom stereocenters. The Labute approximate surface area is 95.4 Å². The molecule has 2 rings (SSSR count). The first kappa shape index (κ1) is 11.0. The molecule has 2 N–H and O–H groups in total. The number of rotatable bonds is 1. The fourth-order valence-corrected chi connectivity index (χ4v) is 2.38. The van der Waals surface area contributed by atoms with Crippen LogP contribution in [0.1, 0.15) is 18.4 Å². The van der Waals surface area contributed by atoms with Crippen LogP contribution in [0.3, 0.4) is 0 Å². The molecule has 1 fully saturated rings. The topological polar surface area (TPSA) is 38.9 Å². The van der Waals surface area contributed by atoms with Crippen LogP contribution in [0.25, 0.3) is 0 Å². The van der Waals surface area contributed by atoms with Crippen molar-refractivity contribution in [2.75, 3.05) is 0 Å². The van der Waals surface area contributed by atoms with Gasteiger partial charge < -0.3 is 5.73 Å². The van der Waals surface area contributed by atoms with Crippen LogP contribution in [0.15, 0.2) is 12.1 Å². The lowest BCUT2D eigenvalue weighted by Gasteiger charge is -2.44. The van der Waals surface area contributed by atoms with Gasteiger partial charge in [0.2, 0.25) is 0 Å². The number of hydrogen-bond donors (Lipinski definition) is 1. The van der Waals surface area contributed by atoms with Gasteiger partial charge in [0.05, 0.1) is 5.54 Å². The van der Waals surface area contributed by atoms with E-state index in [1.807, 2.05) is 0 Å². The Kier molecular flexibility index (Phi) is 2.41. The third-order valence-electron chi connectivity index (χ3n) is 2.50. The zero-order chi connectivity index (χ0) is 11.3. The van der Waals surface area contributed by atoms with Gasteiger partial charge in [-0.25, -0.2) is 13.8 Å². The summed E-state index contributed by atoms with van der Waals surface area (Å²) >= 11 is 11.4. The molecule has 0 aliphatic heterocycles. The summed E-state index contributed by atoms with van der Waals surface area (Å²) in [5.41, 5.74) is 5.16. The zero-order valence-corrected chi connectivity index (χ0v) is 9.12. The van der Waals surface area contributed by atoms with Crippen molar-refractivity contribution >= 4 is 23.2 Å². The molecule has 2 nitrogen and oxygen atoms in total. The van der Waals surface area contributed by atoms with Crippen molar-refractivity contribution in [3.63, 3.8) is 0 Å². The van der Waals surface area contributed by atoms with Crippen LogP contribution in [-0.2, 0) is 5.54 Å². The number of halogens is 4. The highest BCUT2D eigenvalue weighted by Gasteiger charge is 2.56. The van der Waals surface area contributed by atoms with E-state index in [0.717, 1.165) is 0 Å². The van der Waals surface area contributed by atoms with E-state index < -0.39 is 24.3 Å². The van der Waals surface area contributed by atoms with Gasteiger partial charge in [0.15, 0.2) is 0 Å². The maximum absolute atomic E-state index is 12.8. The monoisotopic (exact) mass is 252 g/mol. The van der Waals surface area contributed by atoms with Crippen LogP contribution < -0.4 is 5.73 Å². The second-order valence-electron chi connectivity index (χ2n) is 3.84. The van der Waals surface area contributed by atoms with E-state index >= 15 is 0 Å². The van der Waals surface area contributed by atoms with E-state index in [1.165, 1.54) is 6.07 Å². The molecule has 0 radical (unpaired) electrons. The van der Waals surface area contributed by atoms with Crippen molar-refractivity contribution < 1.29 is 8.78 Å². The lowest BCUT2D eigenvalue weighted by atomic mass is 9.70. The molecule has 0 amide bonds. The summed E-state index contributed by atoms with van der Waals surface area (Å²) in [6, 6.07) is 3.04. The van der Waals surface area contributed by atoms with E-state index in [2.05, 4.69) is 4.98 Å². The van der Waals surface area contributed by atoms with Crippen molar-refractivity contribution in [1.29, 1.82) is 0 Å². The second-order valence-corrected chi connectivity index (χ2v) is 4.58. The van der Waals surface area contributed by atoms with E-state index in [4.69, 9.17) is 28.9 Å². The average molecular weight is 253 g/mol. The largest absolute Gasteiger partial charge is 0.321 e. The molecule has 0 aromatic carbocycles. The summed E-state index contributed by atoms with van der Waals surface area (Å²) < 4.78 is 25.5. The van der Waals surface area contributed by atoms with Crippen LogP contribution in [0.4, 0.5) is 8.78 Å². The molecule has 1 heterocycles. The SMILES string of the molecule is NC1(c2ccc(Cl)nc2Cl)CC(F)(F)C1. The number of nitrogens with zero attached hydrogens (tertiary/aromatic N) is 1. The second kappa shape index (κ2) is 3.27. The van der Waals surface area contributed by atoms with E-state index in [1.54, 1.807) is 6.07 Å². The minimum Gasteiger partial charge on any atom is -0.321 e. The summed E-state index contributed by atoms with van der Waals surface area (Å²) in [5.74, 6) is -2.70. The first-order valence-corrected chi connectivity index (χ1v) is 5.07. The predicted octanol–water partition coefficient (Wildman–Crippen LogP) is 2.97. The summed E-state index contributed by atoms with van der Waals surface area (Å²) in [5, 5.41) is 0.318. The van der Waals surface area contributed by atoms with Crippen LogP contribution in [-0.4, -0.2) is 10.9 Å². The highest BCUT2D eigenvalue weighted by atomic mass is 35.5. The molecule has 15 heavy (non-hydrogen) atoms. The third-order valence-corrected chi connectivity index (χ3v) is 3.00. The maximum atomic E-state index is 12.8. The molecule has 0 spiro atoms. The lowest BCUT2D eigenvalue weighted by Crippen LogP contribution is -2.55. The zero-order valence-electron chi connectivity index (χ0n) is 7.61. The predicted molar refractivity (Wildman–Crippen MR) is 54.3 cm³/mol. The van der Waals surface area contributed by atoms with Gasteiger partial charge in [0.1, 0.15) is 10.3 Å². The minimum absolute atomic E-state index is 0.0977. The van der Waals surface area contributed by atoms with Gasteiger partial charge in [0.25, 0.3) is 5.92 Å². The van der Waals surface area contributed by atoms with E-state index in [9.17, 15) is 8.78 Å². The van der Waals surface area contributed by atoms with E-state index in [0.29, 0.717) is 5.56 Å². The number of hydrogen-bond acceptors (Lipinski definition) is 2. The van der Waals surface area contributed by atoms with Crippen molar-refractivity contribution in [2.24, 2.45) is 5.73 Å². The van der Waals surface area contributed by atoms with Gasteiger partial charge in [-0.3, -0.25) is 0 Å². The Morgan fingerprint density at radius 2 is 1.87 bits per heavy atom. The summed E-state index contributed by atoms with van der Waals surface area (Å²) in [7, 11) is 0. The van der Waals surface area contributed by atoms with Crippen molar-refractivity contribution in [2.45, 2.75) is 24.3 Å². The Balaban J connectivity index is 2.32. The quantitative estimate of drug-likeness (QED) is 0.781. The number of pyridine rings is 1. The maximum Gasteiger partial charge on any atom is 0.252 e. The molecule has 1 saturated carbocycles. The van der Waals surface area contributed by atoms with E-state index in [-0.39, 0.29) is 10.3 Å². The average Bonchev–Trinajstić information content (AvgIpc) is 1.98. The number of aromatic nitrogens is 1. The van der Waals surface area contributed by atoms with Gasteiger partial charge in [0, 0.05) is 18.4 Å². The molecule has 0 unspecified atom stereocenters. The lowest BCUT2D eigenvalue weighted by molar-refractivity contribution is -0.125. The Bertz CT molecular complexity index is 401. The standard InChI is InChI=1S/C9H8Cl2F2N2/c10-6-2-1-5(7(11)15-6)8(14)3-9(12,13)4-8/h1-2H,3-4,14H2. The third kappa shape index (κ3) is 1.94. The molecule has 0 bridgehead atoms. The molecule has 1 aliphatic rings. The van der Waals surface area contributed by atoms with Gasteiger partial charge >= 0.3 is 0 Å². The van der Waals surface area contributed by atoms with Crippen molar-refractivity contribution in [3.8, 4) is 0 Å². The van der Waals surface area contributed by atoms with Crippen LogP contribution in [0, 0.1) is 0 Å². The molecule has 1 aromatic rings. The smallest absolute Gasteiger partial charge is 0.252 e. The summed E-state index contributed by atoms with van der Waals surface area (Å²) in [6.07, 6.45) is -0.800. The van der Waals surface area contributed by atoms with Gasteiger partial charge in [-0.05, 0) is 6.07 Å². The Morgan fingerprint density at radius 3 is 2.33 bits per heavy atom. The highest BCUT2D eigenvalue weighted by molar-refractivity contribution is 6.32. The first-order valence-electron chi connectivity index (χ1n) is 4.32. The van der Waals surface area contributed by atoms with Gasteiger partial charge in [-0.15, -0.1) is 0 Å². The molecule has 0 saturated heterocycles. The molecular formula is C9H8Cl2F2N2. The normalized spacial score (nSPS) is 22.2. The molecule has 6 heteroatoms. The molecular weight excluding hydrogens is 245 g/mol. The van der Waals surface area contributed by atoms with Crippen molar-refractivity contribution in [3.05, 3.63) is 28.0 Å². The highest BCUT2D eigenvalue weighted by Crippen LogP contribution is 2.51. The minimum atomic E-state index is -2.70. The molecule has 1 aromatic heterocycles. The summed E-state index contributed by atoms with van der Waals surface area (Å²) in [4.78, 5) is 3.78. The van der Waals surface area contributed by atoms with Crippen LogP contribution >= 0.6 is 23.2 Å². The molecule has 1 aliphatic carbocycles.